The maximum absolute atomic E-state index is 12.3. The number of carbonyl (C=O) groups is 1. The third kappa shape index (κ3) is 1.81. The second kappa shape index (κ2) is 3.48. The van der Waals surface area contributed by atoms with Gasteiger partial charge in [0.25, 0.3) is 6.43 Å². The fourth-order valence-electron chi connectivity index (χ4n) is 1.41. The molecule has 1 aromatic carbocycles. The molecule has 0 atom stereocenters. The van der Waals surface area contributed by atoms with Crippen molar-refractivity contribution in [2.45, 2.75) is 19.3 Å². The molecule has 1 aliphatic rings. The van der Waals surface area contributed by atoms with Gasteiger partial charge in [0.2, 0.25) is 0 Å². The van der Waals surface area contributed by atoms with Crippen molar-refractivity contribution in [2.24, 2.45) is 5.92 Å². The number of hydrogen-bond acceptors (Lipinski definition) is 1. The van der Waals surface area contributed by atoms with Crippen molar-refractivity contribution in [1.29, 1.82) is 0 Å². The molecule has 0 spiro atoms. The number of hydrogen-bond donors (Lipinski definition) is 0. The van der Waals surface area contributed by atoms with Crippen LogP contribution in [0.3, 0.4) is 0 Å². The SMILES string of the molecule is O=C(c1cccc(C(F)F)c1)C1CC1. The highest BCUT2D eigenvalue weighted by atomic mass is 19.3. The van der Waals surface area contributed by atoms with E-state index in [4.69, 9.17) is 0 Å². The highest BCUT2D eigenvalue weighted by Gasteiger charge is 2.30. The summed E-state index contributed by atoms with van der Waals surface area (Å²) in [6, 6.07) is 5.75. The lowest BCUT2D eigenvalue weighted by Gasteiger charge is -2.02. The van der Waals surface area contributed by atoms with Crippen LogP contribution in [0, 0.1) is 5.92 Å². The lowest BCUT2D eigenvalue weighted by Crippen LogP contribution is -2.01. The van der Waals surface area contributed by atoms with E-state index in [0.717, 1.165) is 12.8 Å². The first-order chi connectivity index (χ1) is 6.68. The van der Waals surface area contributed by atoms with E-state index >= 15 is 0 Å². The second-order valence-corrected chi connectivity index (χ2v) is 3.56. The van der Waals surface area contributed by atoms with Gasteiger partial charge in [-0.05, 0) is 18.9 Å². The average molecular weight is 196 g/mol. The molecule has 0 N–H and O–H groups in total. The van der Waals surface area contributed by atoms with Gasteiger partial charge in [-0.3, -0.25) is 4.79 Å². The van der Waals surface area contributed by atoms with Crippen molar-refractivity contribution in [3.63, 3.8) is 0 Å². The van der Waals surface area contributed by atoms with E-state index in [1.165, 1.54) is 18.2 Å². The smallest absolute Gasteiger partial charge is 0.263 e. The number of alkyl halides is 2. The maximum atomic E-state index is 12.3. The van der Waals surface area contributed by atoms with E-state index in [1.54, 1.807) is 6.07 Å². The van der Waals surface area contributed by atoms with E-state index < -0.39 is 6.43 Å². The Kier molecular flexibility index (Phi) is 2.32. The third-order valence-corrected chi connectivity index (χ3v) is 2.37. The molecule has 1 aromatic rings. The molecule has 1 fully saturated rings. The summed E-state index contributed by atoms with van der Waals surface area (Å²) in [5.41, 5.74) is 0.349. The van der Waals surface area contributed by atoms with E-state index in [2.05, 4.69) is 0 Å². The van der Waals surface area contributed by atoms with Crippen molar-refractivity contribution in [1.82, 2.24) is 0 Å². The van der Waals surface area contributed by atoms with E-state index in [-0.39, 0.29) is 17.3 Å². The predicted molar refractivity (Wildman–Crippen MR) is 48.5 cm³/mol. The molecular weight excluding hydrogens is 186 g/mol. The molecule has 0 bridgehead atoms. The number of Topliss-reactive ketones (excluding diaryl/α,β-unsaturated/α-hetero) is 1. The molecular formula is C11H10F2O. The summed E-state index contributed by atoms with van der Waals surface area (Å²) in [4.78, 5) is 11.5. The van der Waals surface area contributed by atoms with Crippen LogP contribution in [0.5, 0.6) is 0 Å². The van der Waals surface area contributed by atoms with Gasteiger partial charge < -0.3 is 0 Å². The normalized spacial score (nSPS) is 15.9. The first-order valence-corrected chi connectivity index (χ1v) is 4.61. The minimum absolute atomic E-state index is 0.00694. The predicted octanol–water partition coefficient (Wildman–Crippen LogP) is 3.22. The Bertz CT molecular complexity index is 356. The number of carbonyl (C=O) groups excluding carboxylic acids is 1. The van der Waals surface area contributed by atoms with Gasteiger partial charge >= 0.3 is 0 Å². The van der Waals surface area contributed by atoms with Gasteiger partial charge in [0.05, 0.1) is 0 Å². The van der Waals surface area contributed by atoms with Gasteiger partial charge in [0.15, 0.2) is 5.78 Å². The van der Waals surface area contributed by atoms with Crippen LogP contribution >= 0.6 is 0 Å². The maximum Gasteiger partial charge on any atom is 0.263 e. The largest absolute Gasteiger partial charge is 0.294 e. The number of rotatable bonds is 3. The van der Waals surface area contributed by atoms with Crippen LogP contribution in [0.2, 0.25) is 0 Å². The highest BCUT2D eigenvalue weighted by molar-refractivity contribution is 5.99. The monoisotopic (exact) mass is 196 g/mol. The molecule has 0 unspecified atom stereocenters. The van der Waals surface area contributed by atoms with Crippen LogP contribution in [0.15, 0.2) is 24.3 Å². The van der Waals surface area contributed by atoms with Crippen LogP contribution in [0.25, 0.3) is 0 Å². The van der Waals surface area contributed by atoms with Crippen molar-refractivity contribution < 1.29 is 13.6 Å². The summed E-state index contributed by atoms with van der Waals surface area (Å²) in [5, 5.41) is 0. The molecule has 1 aliphatic carbocycles. The molecule has 0 aliphatic heterocycles. The van der Waals surface area contributed by atoms with E-state index in [1.807, 2.05) is 0 Å². The van der Waals surface area contributed by atoms with E-state index in [9.17, 15) is 13.6 Å². The molecule has 0 saturated heterocycles. The lowest BCUT2D eigenvalue weighted by atomic mass is 10.0. The molecule has 0 heterocycles. The van der Waals surface area contributed by atoms with Gasteiger partial charge in [-0.1, -0.05) is 18.2 Å². The van der Waals surface area contributed by atoms with Crippen LogP contribution < -0.4 is 0 Å². The van der Waals surface area contributed by atoms with Crippen molar-refractivity contribution >= 4 is 5.78 Å². The summed E-state index contributed by atoms with van der Waals surface area (Å²) in [6.45, 7) is 0. The Balaban J connectivity index is 2.25. The number of benzene rings is 1. The van der Waals surface area contributed by atoms with Crippen LogP contribution in [0.1, 0.15) is 35.2 Å². The molecule has 1 nitrogen and oxygen atoms in total. The minimum Gasteiger partial charge on any atom is -0.294 e. The molecule has 1 saturated carbocycles. The number of ketones is 1. The van der Waals surface area contributed by atoms with Gasteiger partial charge in [-0.25, -0.2) is 8.78 Å². The summed E-state index contributed by atoms with van der Waals surface area (Å²) in [5.74, 6) is 0.0930. The Morgan fingerprint density at radius 1 is 1.36 bits per heavy atom. The molecule has 0 amide bonds. The zero-order chi connectivity index (χ0) is 10.1. The molecule has 0 radical (unpaired) electrons. The topological polar surface area (TPSA) is 17.1 Å². The van der Waals surface area contributed by atoms with Crippen LogP contribution in [-0.4, -0.2) is 5.78 Å². The highest BCUT2D eigenvalue weighted by Crippen LogP contribution is 2.33. The van der Waals surface area contributed by atoms with E-state index in [0.29, 0.717) is 5.56 Å². The Morgan fingerprint density at radius 3 is 2.64 bits per heavy atom. The van der Waals surface area contributed by atoms with Crippen molar-refractivity contribution in [3.05, 3.63) is 35.4 Å². The lowest BCUT2D eigenvalue weighted by molar-refractivity contribution is 0.0967. The molecule has 0 aromatic heterocycles. The summed E-state index contributed by atoms with van der Waals surface area (Å²) in [6.07, 6.45) is -0.697. The fraction of sp³-hybridized carbons (Fsp3) is 0.364. The standard InChI is InChI=1S/C11H10F2O/c12-11(13)9-3-1-2-8(6-9)10(14)7-4-5-7/h1-3,6-7,11H,4-5H2. The Hall–Kier alpha value is -1.25. The molecule has 2 rings (SSSR count). The summed E-state index contributed by atoms with van der Waals surface area (Å²) < 4.78 is 24.6. The first kappa shape index (κ1) is 9.31. The fourth-order valence-corrected chi connectivity index (χ4v) is 1.41. The second-order valence-electron chi connectivity index (χ2n) is 3.56. The quantitative estimate of drug-likeness (QED) is 0.678. The summed E-state index contributed by atoms with van der Waals surface area (Å²) in [7, 11) is 0. The zero-order valence-corrected chi connectivity index (χ0v) is 7.54. The Labute approximate surface area is 80.7 Å². The zero-order valence-electron chi connectivity index (χ0n) is 7.54. The van der Waals surface area contributed by atoms with Crippen LogP contribution in [0.4, 0.5) is 8.78 Å². The van der Waals surface area contributed by atoms with Gasteiger partial charge in [-0.2, -0.15) is 0 Å². The van der Waals surface area contributed by atoms with Gasteiger partial charge in [0, 0.05) is 17.0 Å². The third-order valence-electron chi connectivity index (χ3n) is 2.37. The number of halogens is 2. The van der Waals surface area contributed by atoms with Crippen LogP contribution in [-0.2, 0) is 0 Å². The van der Waals surface area contributed by atoms with Gasteiger partial charge in [-0.15, -0.1) is 0 Å². The molecule has 14 heavy (non-hydrogen) atoms. The molecule has 74 valence electrons. The van der Waals surface area contributed by atoms with Crippen molar-refractivity contribution in [3.8, 4) is 0 Å². The first-order valence-electron chi connectivity index (χ1n) is 4.61. The average Bonchev–Trinajstić information content (AvgIpc) is 3.00. The van der Waals surface area contributed by atoms with Gasteiger partial charge in [0.1, 0.15) is 0 Å². The summed E-state index contributed by atoms with van der Waals surface area (Å²) >= 11 is 0. The molecule has 3 heteroatoms. The minimum atomic E-state index is -2.50. The van der Waals surface area contributed by atoms with Crippen molar-refractivity contribution in [2.75, 3.05) is 0 Å². The Morgan fingerprint density at radius 2 is 2.07 bits per heavy atom.